The molecule has 0 unspecified atom stereocenters. The number of unbranched alkanes of at least 4 members (excludes halogenated alkanes) is 1. The third-order valence-corrected chi connectivity index (χ3v) is 3.63. The van der Waals surface area contributed by atoms with Gasteiger partial charge >= 0.3 is 0 Å². The normalized spacial score (nSPS) is 10.2. The maximum atomic E-state index is 8.77. The van der Waals surface area contributed by atoms with Gasteiger partial charge in [0.1, 0.15) is 0 Å². The van der Waals surface area contributed by atoms with E-state index < -0.39 is 0 Å². The molecule has 0 heterocycles. The van der Waals surface area contributed by atoms with Crippen LogP contribution in [0.5, 0.6) is 0 Å². The van der Waals surface area contributed by atoms with Crippen LogP contribution in [0.2, 0.25) is 0 Å². The summed E-state index contributed by atoms with van der Waals surface area (Å²) in [5.74, 6) is 0. The van der Waals surface area contributed by atoms with Crippen LogP contribution in [0.25, 0.3) is 0 Å². The van der Waals surface area contributed by atoms with E-state index >= 15 is 0 Å². The largest absolute Gasteiger partial charge is 0.192 e. The fraction of sp³-hybridized carbons (Fsp3) is 0.316. The van der Waals surface area contributed by atoms with Crippen LogP contribution in [0.4, 0.5) is 0 Å². The molecular formula is C19H21N. The molecule has 0 saturated heterocycles. The topological polar surface area (TPSA) is 23.8 Å². The highest BCUT2D eigenvalue weighted by molar-refractivity contribution is 5.32. The summed E-state index contributed by atoms with van der Waals surface area (Å²) in [5, 5.41) is 8.77. The van der Waals surface area contributed by atoms with Gasteiger partial charge in [-0.15, -0.1) is 0 Å². The Labute approximate surface area is 121 Å². The highest BCUT2D eigenvalue weighted by Gasteiger charge is 1.98. The van der Waals surface area contributed by atoms with E-state index in [4.69, 9.17) is 5.26 Å². The summed E-state index contributed by atoms with van der Waals surface area (Å²) in [6, 6.07) is 19.0. The number of hydrogen-bond acceptors (Lipinski definition) is 1. The average molecular weight is 263 g/mol. The summed E-state index contributed by atoms with van der Waals surface area (Å²) in [6.45, 7) is 2.23. The Morgan fingerprint density at radius 3 is 1.65 bits per heavy atom. The van der Waals surface area contributed by atoms with E-state index in [1.165, 1.54) is 36.0 Å². The molecule has 2 aromatic rings. The van der Waals surface area contributed by atoms with E-state index in [1.807, 2.05) is 24.3 Å². The molecule has 102 valence electrons. The predicted octanol–water partition coefficient (Wildman–Crippen LogP) is 4.69. The summed E-state index contributed by atoms with van der Waals surface area (Å²) in [6.07, 6.45) is 5.79. The number of rotatable bonds is 6. The Morgan fingerprint density at radius 1 is 0.750 bits per heavy atom. The van der Waals surface area contributed by atoms with Crippen molar-refractivity contribution in [3.05, 3.63) is 70.8 Å². The lowest BCUT2D eigenvalue weighted by atomic mass is 10.0. The molecule has 0 radical (unpaired) electrons. The van der Waals surface area contributed by atoms with Crippen molar-refractivity contribution >= 4 is 0 Å². The molecule has 0 N–H and O–H groups in total. The molecule has 0 bridgehead atoms. The molecule has 0 aliphatic heterocycles. The Balaban J connectivity index is 1.88. The van der Waals surface area contributed by atoms with Crippen molar-refractivity contribution in [1.29, 1.82) is 5.26 Å². The lowest BCUT2D eigenvalue weighted by Gasteiger charge is -2.04. The quantitative estimate of drug-likeness (QED) is 0.742. The van der Waals surface area contributed by atoms with Gasteiger partial charge in [0.25, 0.3) is 0 Å². The molecule has 2 rings (SSSR count). The van der Waals surface area contributed by atoms with Crippen molar-refractivity contribution < 1.29 is 0 Å². The molecular weight excluding hydrogens is 242 g/mol. The Kier molecular flexibility index (Phi) is 5.38. The molecule has 20 heavy (non-hydrogen) atoms. The van der Waals surface area contributed by atoms with Crippen LogP contribution in [-0.2, 0) is 19.3 Å². The molecule has 0 aromatic heterocycles. The summed E-state index contributed by atoms with van der Waals surface area (Å²) in [5.41, 5.74) is 4.84. The fourth-order valence-corrected chi connectivity index (χ4v) is 2.29. The van der Waals surface area contributed by atoms with Crippen LogP contribution in [0, 0.1) is 11.3 Å². The van der Waals surface area contributed by atoms with Crippen molar-refractivity contribution in [2.24, 2.45) is 0 Å². The van der Waals surface area contributed by atoms with E-state index in [-0.39, 0.29) is 0 Å². The van der Waals surface area contributed by atoms with E-state index in [1.54, 1.807) is 0 Å². The van der Waals surface area contributed by atoms with Gasteiger partial charge < -0.3 is 0 Å². The zero-order chi connectivity index (χ0) is 14.2. The SMILES string of the molecule is CCCCc1ccc(CCc2ccc(C#N)cc2)cc1. The van der Waals surface area contributed by atoms with E-state index in [0.29, 0.717) is 0 Å². The van der Waals surface area contributed by atoms with Crippen LogP contribution in [-0.4, -0.2) is 0 Å². The third kappa shape index (κ3) is 4.24. The Hall–Kier alpha value is -2.07. The molecule has 0 aliphatic carbocycles. The number of aryl methyl sites for hydroxylation is 3. The van der Waals surface area contributed by atoms with Crippen molar-refractivity contribution in [2.75, 3.05) is 0 Å². The molecule has 0 spiro atoms. The van der Waals surface area contributed by atoms with Gasteiger partial charge in [-0.05, 0) is 54.5 Å². The summed E-state index contributed by atoms with van der Waals surface area (Å²) >= 11 is 0. The molecule has 1 heteroatoms. The van der Waals surface area contributed by atoms with Gasteiger partial charge in [-0.25, -0.2) is 0 Å². The standard InChI is InChI=1S/C19H21N/c1-2-3-4-16-5-7-17(8-6-16)9-10-18-11-13-19(15-20)14-12-18/h5-8,11-14H,2-4,9-10H2,1H3. The maximum absolute atomic E-state index is 8.77. The van der Waals surface area contributed by atoms with Crippen molar-refractivity contribution in [1.82, 2.24) is 0 Å². The van der Waals surface area contributed by atoms with Gasteiger partial charge in [0.15, 0.2) is 0 Å². The first-order valence-electron chi connectivity index (χ1n) is 7.38. The average Bonchev–Trinajstić information content (AvgIpc) is 2.52. The second kappa shape index (κ2) is 7.50. The lowest BCUT2D eigenvalue weighted by molar-refractivity contribution is 0.794. The second-order valence-corrected chi connectivity index (χ2v) is 5.23. The van der Waals surface area contributed by atoms with Crippen LogP contribution in [0.3, 0.4) is 0 Å². The smallest absolute Gasteiger partial charge is 0.0991 e. The van der Waals surface area contributed by atoms with Crippen molar-refractivity contribution in [3.63, 3.8) is 0 Å². The van der Waals surface area contributed by atoms with Gasteiger partial charge in [-0.1, -0.05) is 49.7 Å². The zero-order valence-corrected chi connectivity index (χ0v) is 12.1. The number of nitrogens with zero attached hydrogens (tertiary/aromatic N) is 1. The summed E-state index contributed by atoms with van der Waals surface area (Å²) < 4.78 is 0. The van der Waals surface area contributed by atoms with Crippen LogP contribution in [0.1, 0.15) is 42.0 Å². The zero-order valence-electron chi connectivity index (χ0n) is 12.1. The van der Waals surface area contributed by atoms with Gasteiger partial charge in [0.05, 0.1) is 11.6 Å². The van der Waals surface area contributed by atoms with Crippen LogP contribution in [0.15, 0.2) is 48.5 Å². The third-order valence-electron chi connectivity index (χ3n) is 3.63. The molecule has 0 saturated carbocycles. The second-order valence-electron chi connectivity index (χ2n) is 5.23. The minimum absolute atomic E-state index is 0.731. The van der Waals surface area contributed by atoms with E-state index in [2.05, 4.69) is 37.3 Å². The molecule has 0 aliphatic rings. The Bertz CT molecular complexity index is 558. The minimum Gasteiger partial charge on any atom is -0.192 e. The fourth-order valence-electron chi connectivity index (χ4n) is 2.29. The van der Waals surface area contributed by atoms with Crippen LogP contribution >= 0.6 is 0 Å². The molecule has 0 amide bonds. The van der Waals surface area contributed by atoms with Gasteiger partial charge in [-0.3, -0.25) is 0 Å². The van der Waals surface area contributed by atoms with Gasteiger partial charge in [0.2, 0.25) is 0 Å². The first-order chi connectivity index (χ1) is 9.81. The highest BCUT2D eigenvalue weighted by atomic mass is 14.2. The Morgan fingerprint density at radius 2 is 1.20 bits per heavy atom. The predicted molar refractivity (Wildman–Crippen MR) is 83.6 cm³/mol. The lowest BCUT2D eigenvalue weighted by Crippen LogP contribution is -1.92. The molecule has 0 atom stereocenters. The molecule has 1 nitrogen and oxygen atoms in total. The van der Waals surface area contributed by atoms with Crippen LogP contribution < -0.4 is 0 Å². The first-order valence-corrected chi connectivity index (χ1v) is 7.38. The number of hydrogen-bond donors (Lipinski definition) is 0. The number of benzene rings is 2. The van der Waals surface area contributed by atoms with E-state index in [0.717, 1.165) is 18.4 Å². The van der Waals surface area contributed by atoms with Crippen molar-refractivity contribution in [3.8, 4) is 6.07 Å². The summed E-state index contributed by atoms with van der Waals surface area (Å²) in [7, 11) is 0. The van der Waals surface area contributed by atoms with Gasteiger partial charge in [0, 0.05) is 0 Å². The van der Waals surface area contributed by atoms with E-state index in [9.17, 15) is 0 Å². The maximum Gasteiger partial charge on any atom is 0.0991 e. The highest BCUT2D eigenvalue weighted by Crippen LogP contribution is 2.11. The minimum atomic E-state index is 0.731. The first kappa shape index (κ1) is 14.3. The monoisotopic (exact) mass is 263 g/mol. The van der Waals surface area contributed by atoms with Gasteiger partial charge in [-0.2, -0.15) is 5.26 Å². The molecule has 0 fully saturated rings. The van der Waals surface area contributed by atoms with Crippen molar-refractivity contribution in [2.45, 2.75) is 39.0 Å². The molecule has 2 aromatic carbocycles. The number of nitriles is 1. The summed E-state index contributed by atoms with van der Waals surface area (Å²) in [4.78, 5) is 0.